The van der Waals surface area contributed by atoms with Gasteiger partial charge in [0.1, 0.15) is 12.0 Å². The minimum atomic E-state index is -0.332. The number of rotatable bonds is 13. The Balaban J connectivity index is 0.000000235. The van der Waals surface area contributed by atoms with Gasteiger partial charge in [0.05, 0.1) is 25.4 Å². The molecule has 3 aromatic rings. The average molecular weight is 669 g/mol. The molecule has 5 N–H and O–H groups in total. The average Bonchev–Trinajstić information content (AvgIpc) is 4.07. The summed E-state index contributed by atoms with van der Waals surface area (Å²) in [5, 5.41) is 11.5. The van der Waals surface area contributed by atoms with Gasteiger partial charge in [0, 0.05) is 52.8 Å². The minimum absolute atomic E-state index is 0.133. The van der Waals surface area contributed by atoms with Crippen molar-refractivity contribution in [2.45, 2.75) is 70.5 Å². The Morgan fingerprint density at radius 2 is 1.94 bits per heavy atom. The van der Waals surface area contributed by atoms with E-state index in [1.165, 1.54) is 55.4 Å². The molecule has 5 rings (SSSR count). The Morgan fingerprint density at radius 3 is 2.52 bits per heavy atom. The molecule has 0 unspecified atom stereocenters. The first kappa shape index (κ1) is 37.7. The van der Waals surface area contributed by atoms with Crippen LogP contribution in [0, 0.1) is 11.8 Å². The van der Waals surface area contributed by atoms with Crippen molar-refractivity contribution in [2.75, 3.05) is 20.7 Å². The maximum absolute atomic E-state index is 11.9. The van der Waals surface area contributed by atoms with Crippen LogP contribution in [0.1, 0.15) is 84.4 Å². The number of aldehydes is 1. The number of hydrogen-bond acceptors (Lipinski definition) is 9. The molecule has 10 heteroatoms. The molecular weight excluding hydrogens is 621 g/mol. The van der Waals surface area contributed by atoms with Crippen molar-refractivity contribution in [3.63, 3.8) is 0 Å². The second-order valence-corrected chi connectivity index (χ2v) is 12.2. The number of allylic oxidation sites excluding steroid dienone is 1. The Labute approximate surface area is 289 Å². The lowest BCUT2D eigenvalue weighted by Crippen LogP contribution is -2.31. The van der Waals surface area contributed by atoms with Gasteiger partial charge in [-0.05, 0) is 61.9 Å². The number of ether oxygens (including phenoxy) is 1. The molecule has 0 saturated heterocycles. The molecule has 0 radical (unpaired) electrons. The first-order valence-electron chi connectivity index (χ1n) is 16.3. The Kier molecular flexibility index (Phi) is 15.6. The van der Waals surface area contributed by atoms with Crippen LogP contribution < -0.4 is 26.4 Å². The molecule has 2 aromatic carbocycles. The fourth-order valence-corrected chi connectivity index (χ4v) is 4.88. The molecule has 0 bridgehead atoms. The van der Waals surface area contributed by atoms with Gasteiger partial charge in [-0.25, -0.2) is 4.98 Å². The number of methoxy groups -OCH3 is 1. The first-order chi connectivity index (χ1) is 23.3. The highest BCUT2D eigenvalue weighted by Crippen LogP contribution is 2.46. The van der Waals surface area contributed by atoms with E-state index < -0.39 is 0 Å². The van der Waals surface area contributed by atoms with Gasteiger partial charge in [0.25, 0.3) is 5.91 Å². The number of carbonyl (C=O) groups excluding carboxylic acids is 2. The standard InChI is InChI=1S/C17H15N3O2S.C17H23N3O.C4H10/c1-13(18-8-4-7-16-19-9-10-23-16)17(22)20-11-14-5-2-3-6-15(14)12-21;1-19-17(7-8-17)13-3-6-16(21-2)15(9-13)12(10-18)11-20-14-4-5-14;1-3-4-2/h2-3,5-6,9-10,12,18H,1,8,11H2,(H,20,22);3,6,9-11,14,19H,4-5,7-8,18H2,1-2H3;3-4H2,1-2H3/b;12-10+,20-11?;. The predicted octanol–water partition coefficient (Wildman–Crippen LogP) is 5.97. The Hall–Kier alpha value is -4.72. The summed E-state index contributed by atoms with van der Waals surface area (Å²) in [5.41, 5.74) is 10.7. The molecule has 1 aromatic heterocycles. The molecular formula is C38H48N6O3S. The van der Waals surface area contributed by atoms with Crippen LogP contribution in [0.2, 0.25) is 0 Å². The number of carbonyl (C=O) groups is 2. The van der Waals surface area contributed by atoms with Gasteiger partial charge in [0.2, 0.25) is 0 Å². The summed E-state index contributed by atoms with van der Waals surface area (Å²) in [6.45, 7) is 8.60. The quantitative estimate of drug-likeness (QED) is 0.0764. The van der Waals surface area contributed by atoms with Gasteiger partial charge >= 0.3 is 0 Å². The number of nitrogens with one attached hydrogen (secondary N) is 3. The monoisotopic (exact) mass is 668 g/mol. The molecule has 1 heterocycles. The van der Waals surface area contributed by atoms with Gasteiger partial charge in [0.15, 0.2) is 5.01 Å². The van der Waals surface area contributed by atoms with E-state index in [9.17, 15) is 9.59 Å². The highest BCUT2D eigenvalue weighted by atomic mass is 32.1. The lowest BCUT2D eigenvalue weighted by molar-refractivity contribution is -0.118. The zero-order valence-corrected chi connectivity index (χ0v) is 29.3. The molecule has 2 aliphatic rings. The molecule has 1 amide bonds. The van der Waals surface area contributed by atoms with Gasteiger partial charge in [-0.2, -0.15) is 0 Å². The van der Waals surface area contributed by atoms with E-state index in [1.54, 1.807) is 37.7 Å². The number of thiazole rings is 1. The Bertz CT molecular complexity index is 1610. The SMILES string of the molecule is C=C(NCC#Cc1nccs1)C(=O)NCc1ccccc1C=O.CCCC.CNC1(c2ccc(OC)c(/C(C=NC3CC3)=C/N)c2)CC1. The molecule has 0 spiro atoms. The van der Waals surface area contributed by atoms with Gasteiger partial charge < -0.3 is 26.4 Å². The highest BCUT2D eigenvalue weighted by molar-refractivity contribution is 7.10. The highest BCUT2D eigenvalue weighted by Gasteiger charge is 2.43. The normalized spacial score (nSPS) is 14.2. The van der Waals surface area contributed by atoms with Crippen LogP contribution in [0.15, 0.2) is 77.5 Å². The maximum Gasteiger partial charge on any atom is 0.267 e. The molecule has 0 aliphatic heterocycles. The topological polar surface area (TPSA) is 131 Å². The van der Waals surface area contributed by atoms with E-state index in [-0.39, 0.29) is 23.7 Å². The molecule has 254 valence electrons. The smallest absolute Gasteiger partial charge is 0.267 e. The third-order valence-corrected chi connectivity index (χ3v) is 8.54. The molecule has 2 aliphatic carbocycles. The number of nitrogens with two attached hydrogens (primary N) is 1. The number of benzene rings is 2. The second-order valence-electron chi connectivity index (χ2n) is 11.3. The summed E-state index contributed by atoms with van der Waals surface area (Å²) in [7, 11) is 3.71. The summed E-state index contributed by atoms with van der Waals surface area (Å²) >= 11 is 1.45. The van der Waals surface area contributed by atoms with Gasteiger partial charge in [-0.1, -0.05) is 69.5 Å². The van der Waals surface area contributed by atoms with Crippen LogP contribution in [-0.4, -0.2) is 50.1 Å². The third kappa shape index (κ3) is 11.8. The van der Waals surface area contributed by atoms with Crippen molar-refractivity contribution in [2.24, 2.45) is 10.7 Å². The van der Waals surface area contributed by atoms with Crippen LogP contribution in [-0.2, 0) is 16.9 Å². The van der Waals surface area contributed by atoms with Crippen LogP contribution >= 0.6 is 11.3 Å². The first-order valence-corrected chi connectivity index (χ1v) is 17.2. The molecule has 2 saturated carbocycles. The van der Waals surface area contributed by atoms with E-state index in [0.717, 1.165) is 33.7 Å². The summed E-state index contributed by atoms with van der Waals surface area (Å²) < 4.78 is 5.49. The fourth-order valence-electron chi connectivity index (χ4n) is 4.38. The molecule has 9 nitrogen and oxygen atoms in total. The number of aromatic nitrogens is 1. The molecule has 2 fully saturated rings. The van der Waals surface area contributed by atoms with Crippen LogP contribution in [0.3, 0.4) is 0 Å². The number of unbranched alkanes of at least 4 members (excludes halogenated alkanes) is 1. The minimum Gasteiger partial charge on any atom is -0.496 e. The summed E-state index contributed by atoms with van der Waals surface area (Å²) in [4.78, 5) is 31.4. The van der Waals surface area contributed by atoms with Crippen LogP contribution in [0.4, 0.5) is 0 Å². The lowest BCUT2D eigenvalue weighted by atomic mass is 9.98. The van der Waals surface area contributed by atoms with E-state index in [2.05, 4.69) is 70.3 Å². The van der Waals surface area contributed by atoms with Gasteiger partial charge in [-0.15, -0.1) is 11.3 Å². The lowest BCUT2D eigenvalue weighted by Gasteiger charge is -2.18. The fraction of sp³-hybridized carbons (Fsp3) is 0.368. The van der Waals surface area contributed by atoms with Crippen molar-refractivity contribution >= 4 is 35.3 Å². The van der Waals surface area contributed by atoms with Crippen molar-refractivity contribution in [1.82, 2.24) is 20.9 Å². The van der Waals surface area contributed by atoms with E-state index >= 15 is 0 Å². The number of amides is 1. The summed E-state index contributed by atoms with van der Waals surface area (Å²) in [6.07, 6.45) is 13.3. The van der Waals surface area contributed by atoms with Crippen LogP contribution in [0.5, 0.6) is 5.75 Å². The molecule has 0 atom stereocenters. The predicted molar refractivity (Wildman–Crippen MR) is 197 cm³/mol. The van der Waals surface area contributed by atoms with E-state index in [4.69, 9.17) is 10.5 Å². The van der Waals surface area contributed by atoms with Crippen molar-refractivity contribution in [3.05, 3.63) is 99.8 Å². The van der Waals surface area contributed by atoms with Gasteiger partial charge in [-0.3, -0.25) is 14.6 Å². The molecule has 48 heavy (non-hydrogen) atoms. The zero-order valence-electron chi connectivity index (χ0n) is 28.5. The number of hydrogen-bond donors (Lipinski definition) is 4. The van der Waals surface area contributed by atoms with E-state index in [0.29, 0.717) is 18.2 Å². The van der Waals surface area contributed by atoms with Crippen LogP contribution in [0.25, 0.3) is 5.57 Å². The van der Waals surface area contributed by atoms with Crippen molar-refractivity contribution < 1.29 is 14.3 Å². The van der Waals surface area contributed by atoms with Crippen molar-refractivity contribution in [1.29, 1.82) is 0 Å². The zero-order chi connectivity index (χ0) is 34.8. The summed E-state index contributed by atoms with van der Waals surface area (Å²) in [6, 6.07) is 13.9. The van der Waals surface area contributed by atoms with Crippen molar-refractivity contribution in [3.8, 4) is 17.6 Å². The van der Waals surface area contributed by atoms with E-state index in [1.807, 2.05) is 30.8 Å². The second kappa shape index (κ2) is 19.8. The number of nitrogens with zero attached hydrogens (tertiary/aromatic N) is 2. The maximum atomic E-state index is 11.9. The number of aliphatic imine (C=N–C) groups is 1. The third-order valence-electron chi connectivity index (χ3n) is 7.86. The summed E-state index contributed by atoms with van der Waals surface area (Å²) in [5.74, 6) is 6.25. The largest absolute Gasteiger partial charge is 0.496 e. The Morgan fingerprint density at radius 1 is 1.19 bits per heavy atom.